The molecule has 0 aromatic carbocycles. The zero-order chi connectivity index (χ0) is 9.97. The van der Waals surface area contributed by atoms with E-state index in [-0.39, 0.29) is 0 Å². The van der Waals surface area contributed by atoms with Crippen LogP contribution in [0, 0.1) is 0 Å². The van der Waals surface area contributed by atoms with Gasteiger partial charge in [-0.05, 0) is 24.3 Å². The van der Waals surface area contributed by atoms with E-state index in [1.54, 1.807) is 24.5 Å². The molecule has 0 amide bonds. The largest absolute Gasteiger partial charge is 0.397 e. The lowest BCUT2D eigenvalue weighted by atomic mass is 10.2. The van der Waals surface area contributed by atoms with Gasteiger partial charge in [0.05, 0.1) is 17.6 Å². The van der Waals surface area contributed by atoms with Crippen molar-refractivity contribution < 1.29 is 0 Å². The Morgan fingerprint density at radius 1 is 0.857 bits per heavy atom. The molecule has 0 aliphatic rings. The van der Waals surface area contributed by atoms with Crippen LogP contribution in [0.4, 0.5) is 11.5 Å². The smallest absolute Gasteiger partial charge is 0.123 e. The highest BCUT2D eigenvalue weighted by atomic mass is 14.8. The maximum absolute atomic E-state index is 5.53. The van der Waals surface area contributed by atoms with Crippen LogP contribution in [0.25, 0.3) is 11.3 Å². The van der Waals surface area contributed by atoms with Gasteiger partial charge in [-0.25, -0.2) is 4.98 Å². The molecule has 4 N–H and O–H groups in total. The van der Waals surface area contributed by atoms with Crippen molar-refractivity contribution in [1.29, 1.82) is 0 Å². The lowest BCUT2D eigenvalue weighted by Gasteiger charge is -2.00. The van der Waals surface area contributed by atoms with Crippen LogP contribution in [0.3, 0.4) is 0 Å². The summed E-state index contributed by atoms with van der Waals surface area (Å²) in [5, 5.41) is 0. The first-order chi connectivity index (χ1) is 6.75. The second-order valence-corrected chi connectivity index (χ2v) is 2.95. The van der Waals surface area contributed by atoms with Crippen LogP contribution in [-0.2, 0) is 0 Å². The maximum Gasteiger partial charge on any atom is 0.123 e. The first kappa shape index (κ1) is 8.50. The van der Waals surface area contributed by atoms with E-state index in [2.05, 4.69) is 9.97 Å². The minimum Gasteiger partial charge on any atom is -0.397 e. The molecule has 0 atom stereocenters. The monoisotopic (exact) mass is 186 g/mol. The molecule has 0 aliphatic carbocycles. The Morgan fingerprint density at radius 3 is 2.29 bits per heavy atom. The van der Waals surface area contributed by atoms with E-state index in [4.69, 9.17) is 11.5 Å². The molecule has 0 saturated heterocycles. The molecule has 14 heavy (non-hydrogen) atoms. The average molecular weight is 186 g/mol. The summed E-state index contributed by atoms with van der Waals surface area (Å²) in [4.78, 5) is 8.16. The Morgan fingerprint density at radius 2 is 1.71 bits per heavy atom. The van der Waals surface area contributed by atoms with Crippen LogP contribution in [0.2, 0.25) is 0 Å². The summed E-state index contributed by atoms with van der Waals surface area (Å²) in [6, 6.07) is 7.27. The summed E-state index contributed by atoms with van der Waals surface area (Å²) in [7, 11) is 0. The highest BCUT2D eigenvalue weighted by Crippen LogP contribution is 2.16. The third-order valence-electron chi connectivity index (χ3n) is 1.87. The quantitative estimate of drug-likeness (QED) is 0.703. The van der Waals surface area contributed by atoms with Gasteiger partial charge in [0.2, 0.25) is 0 Å². The number of nitrogen functional groups attached to an aromatic ring is 2. The summed E-state index contributed by atoms with van der Waals surface area (Å²) in [6.07, 6.45) is 3.31. The molecule has 0 saturated carbocycles. The number of pyridine rings is 2. The van der Waals surface area contributed by atoms with Crippen molar-refractivity contribution in [3.8, 4) is 11.3 Å². The molecule has 0 aliphatic heterocycles. The molecule has 70 valence electrons. The van der Waals surface area contributed by atoms with E-state index in [0.29, 0.717) is 11.5 Å². The van der Waals surface area contributed by atoms with Gasteiger partial charge in [0.1, 0.15) is 5.82 Å². The van der Waals surface area contributed by atoms with Crippen LogP contribution < -0.4 is 11.5 Å². The van der Waals surface area contributed by atoms with Crippen molar-refractivity contribution in [3.05, 3.63) is 36.7 Å². The third-order valence-corrected chi connectivity index (χ3v) is 1.87. The SMILES string of the molecule is Nc1ccc(-c2ccc(N)nc2)nc1. The van der Waals surface area contributed by atoms with E-state index in [9.17, 15) is 0 Å². The van der Waals surface area contributed by atoms with Crippen molar-refractivity contribution in [2.45, 2.75) is 0 Å². The molecule has 2 rings (SSSR count). The summed E-state index contributed by atoms with van der Waals surface area (Å²) < 4.78 is 0. The molecule has 0 spiro atoms. The minimum absolute atomic E-state index is 0.504. The molecule has 4 heteroatoms. The normalized spacial score (nSPS) is 10.0. The number of anilines is 2. The fraction of sp³-hybridized carbons (Fsp3) is 0. The Bertz CT molecular complexity index is 375. The van der Waals surface area contributed by atoms with Crippen molar-refractivity contribution in [1.82, 2.24) is 9.97 Å². The van der Waals surface area contributed by atoms with Gasteiger partial charge in [0.15, 0.2) is 0 Å². The number of aromatic nitrogens is 2. The van der Waals surface area contributed by atoms with Crippen molar-refractivity contribution in [2.24, 2.45) is 0 Å². The zero-order valence-corrected chi connectivity index (χ0v) is 7.51. The molecule has 2 heterocycles. The van der Waals surface area contributed by atoms with E-state index in [0.717, 1.165) is 11.3 Å². The standard InChI is InChI=1S/C10H10N4/c11-8-2-3-9(13-6-8)7-1-4-10(12)14-5-7/h1-6H,11H2,(H2,12,14). The Kier molecular flexibility index (Phi) is 2.02. The van der Waals surface area contributed by atoms with Crippen molar-refractivity contribution in [3.63, 3.8) is 0 Å². The molecule has 2 aromatic heterocycles. The molecule has 0 unspecified atom stereocenters. The van der Waals surface area contributed by atoms with Crippen molar-refractivity contribution in [2.75, 3.05) is 11.5 Å². The molecule has 0 radical (unpaired) electrons. The van der Waals surface area contributed by atoms with Gasteiger partial charge in [-0.3, -0.25) is 4.98 Å². The van der Waals surface area contributed by atoms with Gasteiger partial charge in [-0.1, -0.05) is 0 Å². The van der Waals surface area contributed by atoms with Crippen LogP contribution in [0.5, 0.6) is 0 Å². The van der Waals surface area contributed by atoms with Crippen LogP contribution >= 0.6 is 0 Å². The van der Waals surface area contributed by atoms with Crippen molar-refractivity contribution >= 4 is 11.5 Å². The summed E-state index contributed by atoms with van der Waals surface area (Å²) >= 11 is 0. The lowest BCUT2D eigenvalue weighted by Crippen LogP contribution is -1.91. The summed E-state index contributed by atoms with van der Waals surface area (Å²) in [5.74, 6) is 0.504. The van der Waals surface area contributed by atoms with E-state index < -0.39 is 0 Å². The van der Waals surface area contributed by atoms with E-state index in [1.165, 1.54) is 0 Å². The van der Waals surface area contributed by atoms with Gasteiger partial charge >= 0.3 is 0 Å². The number of rotatable bonds is 1. The van der Waals surface area contributed by atoms with E-state index >= 15 is 0 Å². The second kappa shape index (κ2) is 3.33. The molecule has 0 bridgehead atoms. The molecule has 0 fully saturated rings. The zero-order valence-electron chi connectivity index (χ0n) is 7.51. The summed E-state index contributed by atoms with van der Waals surface area (Å²) in [6.45, 7) is 0. The Hall–Kier alpha value is -2.10. The average Bonchev–Trinajstić information content (AvgIpc) is 2.21. The van der Waals surface area contributed by atoms with Crippen LogP contribution in [-0.4, -0.2) is 9.97 Å². The van der Waals surface area contributed by atoms with Gasteiger partial charge in [-0.2, -0.15) is 0 Å². The fourth-order valence-electron chi connectivity index (χ4n) is 1.13. The highest BCUT2D eigenvalue weighted by molar-refractivity contribution is 5.60. The van der Waals surface area contributed by atoms with E-state index in [1.807, 2.05) is 12.1 Å². The number of nitrogens with zero attached hydrogens (tertiary/aromatic N) is 2. The molecular formula is C10H10N4. The third kappa shape index (κ3) is 1.64. The molecular weight excluding hydrogens is 176 g/mol. The van der Waals surface area contributed by atoms with Gasteiger partial charge in [0, 0.05) is 11.8 Å². The summed E-state index contributed by atoms with van der Waals surface area (Å²) in [5.41, 5.74) is 13.4. The molecule has 4 nitrogen and oxygen atoms in total. The topological polar surface area (TPSA) is 77.8 Å². The minimum atomic E-state index is 0.504. The lowest BCUT2D eigenvalue weighted by molar-refractivity contribution is 1.28. The number of nitrogens with two attached hydrogens (primary N) is 2. The van der Waals surface area contributed by atoms with Crippen LogP contribution in [0.1, 0.15) is 0 Å². The van der Waals surface area contributed by atoms with Gasteiger partial charge in [-0.15, -0.1) is 0 Å². The highest BCUT2D eigenvalue weighted by Gasteiger charge is 1.98. The van der Waals surface area contributed by atoms with Gasteiger partial charge < -0.3 is 11.5 Å². The number of hydrogen-bond donors (Lipinski definition) is 2. The first-order valence-corrected chi connectivity index (χ1v) is 4.19. The predicted molar refractivity (Wildman–Crippen MR) is 56.3 cm³/mol. The Labute approximate surface area is 81.6 Å². The fourth-order valence-corrected chi connectivity index (χ4v) is 1.13. The van der Waals surface area contributed by atoms with Crippen LogP contribution in [0.15, 0.2) is 36.7 Å². The first-order valence-electron chi connectivity index (χ1n) is 4.19. The Balaban J connectivity index is 2.40. The predicted octanol–water partition coefficient (Wildman–Crippen LogP) is 1.31. The van der Waals surface area contributed by atoms with Gasteiger partial charge in [0.25, 0.3) is 0 Å². The molecule has 2 aromatic rings. The second-order valence-electron chi connectivity index (χ2n) is 2.95. The number of hydrogen-bond acceptors (Lipinski definition) is 4. The maximum atomic E-state index is 5.53.